The Balaban J connectivity index is 1.93. The summed E-state index contributed by atoms with van der Waals surface area (Å²) in [5.41, 5.74) is 2.41. The Kier molecular flexibility index (Phi) is 3.63. The predicted molar refractivity (Wildman–Crippen MR) is 67.8 cm³/mol. The SMILES string of the molecule is CC(NCc1ccnn1C)c1csc(Cl)c1. The van der Waals surface area contributed by atoms with Crippen LogP contribution in [-0.4, -0.2) is 9.78 Å². The zero-order chi connectivity index (χ0) is 11.5. The summed E-state index contributed by atoms with van der Waals surface area (Å²) in [6, 6.07) is 4.33. The smallest absolute Gasteiger partial charge is 0.0931 e. The molecule has 0 bridgehead atoms. The van der Waals surface area contributed by atoms with Crippen molar-refractivity contribution in [3.05, 3.63) is 39.3 Å². The first-order valence-electron chi connectivity index (χ1n) is 5.11. The maximum absolute atomic E-state index is 5.91. The van der Waals surface area contributed by atoms with Crippen molar-refractivity contribution in [3.8, 4) is 0 Å². The molecule has 0 saturated heterocycles. The molecule has 0 spiro atoms. The summed E-state index contributed by atoms with van der Waals surface area (Å²) in [4.78, 5) is 0. The summed E-state index contributed by atoms with van der Waals surface area (Å²) in [6.07, 6.45) is 1.81. The molecule has 0 aliphatic rings. The quantitative estimate of drug-likeness (QED) is 0.910. The van der Waals surface area contributed by atoms with E-state index in [0.29, 0.717) is 6.04 Å². The van der Waals surface area contributed by atoms with Crippen LogP contribution in [0.15, 0.2) is 23.7 Å². The Hall–Kier alpha value is -0.840. The van der Waals surface area contributed by atoms with Crippen LogP contribution in [0.4, 0.5) is 0 Å². The second-order valence-corrected chi connectivity index (χ2v) is 5.28. The first-order valence-corrected chi connectivity index (χ1v) is 6.37. The molecular formula is C11H14ClN3S. The molecule has 86 valence electrons. The van der Waals surface area contributed by atoms with Crippen molar-refractivity contribution in [2.45, 2.75) is 19.5 Å². The molecule has 3 nitrogen and oxygen atoms in total. The van der Waals surface area contributed by atoms with E-state index >= 15 is 0 Å². The number of rotatable bonds is 4. The lowest BCUT2D eigenvalue weighted by atomic mass is 10.2. The third-order valence-electron chi connectivity index (χ3n) is 2.60. The van der Waals surface area contributed by atoms with Gasteiger partial charge in [0, 0.05) is 25.8 Å². The van der Waals surface area contributed by atoms with Crippen molar-refractivity contribution in [2.75, 3.05) is 0 Å². The number of halogens is 1. The summed E-state index contributed by atoms with van der Waals surface area (Å²) in [5, 5.41) is 9.66. The van der Waals surface area contributed by atoms with Gasteiger partial charge in [-0.1, -0.05) is 11.6 Å². The summed E-state index contributed by atoms with van der Waals surface area (Å²) in [7, 11) is 1.95. The topological polar surface area (TPSA) is 29.9 Å². The molecule has 2 aromatic heterocycles. The third kappa shape index (κ3) is 2.64. The molecule has 0 aliphatic heterocycles. The fourth-order valence-corrected chi connectivity index (χ4v) is 2.49. The fraction of sp³-hybridized carbons (Fsp3) is 0.364. The molecule has 2 rings (SSSR count). The second kappa shape index (κ2) is 4.99. The van der Waals surface area contributed by atoms with E-state index in [-0.39, 0.29) is 0 Å². The minimum atomic E-state index is 0.304. The molecule has 2 aromatic rings. The molecule has 0 saturated carbocycles. The molecular weight excluding hydrogens is 242 g/mol. The van der Waals surface area contributed by atoms with E-state index < -0.39 is 0 Å². The van der Waals surface area contributed by atoms with Gasteiger partial charge < -0.3 is 5.32 Å². The number of hydrogen-bond donors (Lipinski definition) is 1. The highest BCUT2D eigenvalue weighted by atomic mass is 35.5. The van der Waals surface area contributed by atoms with E-state index in [1.165, 1.54) is 11.3 Å². The predicted octanol–water partition coefficient (Wildman–Crippen LogP) is 2.99. The fourth-order valence-electron chi connectivity index (χ4n) is 1.50. The Morgan fingerprint density at radius 3 is 3.00 bits per heavy atom. The zero-order valence-corrected chi connectivity index (χ0v) is 10.8. The highest BCUT2D eigenvalue weighted by Crippen LogP contribution is 2.24. The van der Waals surface area contributed by atoms with Gasteiger partial charge in [0.25, 0.3) is 0 Å². The second-order valence-electron chi connectivity index (χ2n) is 3.73. The minimum Gasteiger partial charge on any atom is -0.305 e. The number of hydrogen-bond acceptors (Lipinski definition) is 3. The van der Waals surface area contributed by atoms with Gasteiger partial charge in [-0.15, -0.1) is 11.3 Å². The molecule has 16 heavy (non-hydrogen) atoms. The molecule has 0 fully saturated rings. The van der Waals surface area contributed by atoms with Gasteiger partial charge in [-0.25, -0.2) is 0 Å². The summed E-state index contributed by atoms with van der Waals surface area (Å²) in [5.74, 6) is 0. The molecule has 0 aromatic carbocycles. The minimum absolute atomic E-state index is 0.304. The standard InChI is InChI=1S/C11H14ClN3S/c1-8(9-5-11(12)16-7-9)13-6-10-3-4-14-15(10)2/h3-5,7-8,13H,6H2,1-2H3. The van der Waals surface area contributed by atoms with Gasteiger partial charge in [-0.3, -0.25) is 4.68 Å². The highest BCUT2D eigenvalue weighted by Gasteiger charge is 2.07. The van der Waals surface area contributed by atoms with Gasteiger partial charge in [0.1, 0.15) is 0 Å². The summed E-state index contributed by atoms with van der Waals surface area (Å²) in [6.45, 7) is 2.94. The van der Waals surface area contributed by atoms with Crippen LogP contribution in [0.2, 0.25) is 4.34 Å². The number of nitrogens with zero attached hydrogens (tertiary/aromatic N) is 2. The van der Waals surface area contributed by atoms with Crippen molar-refractivity contribution >= 4 is 22.9 Å². The Labute approximate surface area is 104 Å². The Bertz CT molecular complexity index is 463. The molecule has 0 radical (unpaired) electrons. The Morgan fingerprint density at radius 1 is 1.62 bits per heavy atom. The van der Waals surface area contributed by atoms with Crippen molar-refractivity contribution in [1.82, 2.24) is 15.1 Å². The monoisotopic (exact) mass is 255 g/mol. The van der Waals surface area contributed by atoms with Crippen LogP contribution in [0.5, 0.6) is 0 Å². The molecule has 2 heterocycles. The van der Waals surface area contributed by atoms with E-state index in [1.54, 1.807) is 11.3 Å². The van der Waals surface area contributed by atoms with Gasteiger partial charge >= 0.3 is 0 Å². The van der Waals surface area contributed by atoms with Gasteiger partial charge in [0.15, 0.2) is 0 Å². The number of thiophene rings is 1. The Morgan fingerprint density at radius 2 is 2.44 bits per heavy atom. The average molecular weight is 256 g/mol. The summed E-state index contributed by atoms with van der Waals surface area (Å²) < 4.78 is 2.71. The van der Waals surface area contributed by atoms with Crippen LogP contribution < -0.4 is 5.32 Å². The van der Waals surface area contributed by atoms with Crippen LogP contribution >= 0.6 is 22.9 Å². The lowest BCUT2D eigenvalue weighted by Crippen LogP contribution is -2.19. The van der Waals surface area contributed by atoms with Crippen LogP contribution in [0, 0.1) is 0 Å². The van der Waals surface area contributed by atoms with Gasteiger partial charge in [0.2, 0.25) is 0 Å². The number of aryl methyl sites for hydroxylation is 1. The van der Waals surface area contributed by atoms with Crippen molar-refractivity contribution in [2.24, 2.45) is 7.05 Å². The van der Waals surface area contributed by atoms with Gasteiger partial charge in [-0.2, -0.15) is 5.10 Å². The summed E-state index contributed by atoms with van der Waals surface area (Å²) >= 11 is 7.47. The first-order chi connectivity index (χ1) is 7.66. The van der Waals surface area contributed by atoms with Crippen LogP contribution in [0.25, 0.3) is 0 Å². The lowest BCUT2D eigenvalue weighted by Gasteiger charge is -2.12. The van der Waals surface area contributed by atoms with Gasteiger partial charge in [0.05, 0.1) is 10.0 Å². The molecule has 0 amide bonds. The van der Waals surface area contributed by atoms with E-state index in [9.17, 15) is 0 Å². The maximum atomic E-state index is 5.91. The molecule has 1 unspecified atom stereocenters. The van der Waals surface area contributed by atoms with Gasteiger partial charge in [-0.05, 0) is 30.0 Å². The average Bonchev–Trinajstić information content (AvgIpc) is 2.84. The molecule has 1 atom stereocenters. The van der Waals surface area contributed by atoms with Crippen molar-refractivity contribution in [3.63, 3.8) is 0 Å². The molecule has 1 N–H and O–H groups in total. The number of aromatic nitrogens is 2. The van der Waals surface area contributed by atoms with Crippen molar-refractivity contribution < 1.29 is 0 Å². The van der Waals surface area contributed by atoms with Crippen LogP contribution in [-0.2, 0) is 13.6 Å². The molecule has 0 aliphatic carbocycles. The molecule has 5 heteroatoms. The van der Waals surface area contributed by atoms with E-state index in [1.807, 2.05) is 30.1 Å². The normalized spacial score (nSPS) is 12.9. The lowest BCUT2D eigenvalue weighted by molar-refractivity contribution is 0.549. The van der Waals surface area contributed by atoms with E-state index in [2.05, 4.69) is 22.7 Å². The third-order valence-corrected chi connectivity index (χ3v) is 3.71. The largest absolute Gasteiger partial charge is 0.305 e. The van der Waals surface area contributed by atoms with E-state index in [4.69, 9.17) is 11.6 Å². The van der Waals surface area contributed by atoms with Crippen molar-refractivity contribution in [1.29, 1.82) is 0 Å². The van der Waals surface area contributed by atoms with Crippen LogP contribution in [0.3, 0.4) is 0 Å². The first kappa shape index (κ1) is 11.6. The maximum Gasteiger partial charge on any atom is 0.0931 e. The number of nitrogens with one attached hydrogen (secondary N) is 1. The zero-order valence-electron chi connectivity index (χ0n) is 9.27. The van der Waals surface area contributed by atoms with E-state index in [0.717, 1.165) is 10.9 Å². The van der Waals surface area contributed by atoms with Crippen LogP contribution in [0.1, 0.15) is 24.2 Å². The highest BCUT2D eigenvalue weighted by molar-refractivity contribution is 7.14.